The summed E-state index contributed by atoms with van der Waals surface area (Å²) < 4.78 is 10.7. The highest BCUT2D eigenvalue weighted by molar-refractivity contribution is 6.07. The molecule has 142 valence electrons. The third-order valence-corrected chi connectivity index (χ3v) is 4.42. The molecule has 3 N–H and O–H groups in total. The van der Waals surface area contributed by atoms with Crippen molar-refractivity contribution in [3.63, 3.8) is 0 Å². The van der Waals surface area contributed by atoms with Crippen LogP contribution >= 0.6 is 0 Å². The second-order valence-corrected chi connectivity index (χ2v) is 6.26. The van der Waals surface area contributed by atoms with Gasteiger partial charge in [0, 0.05) is 36.3 Å². The van der Waals surface area contributed by atoms with Crippen molar-refractivity contribution in [1.29, 1.82) is 0 Å². The van der Waals surface area contributed by atoms with E-state index in [0.29, 0.717) is 24.4 Å². The lowest BCUT2D eigenvalue weighted by Gasteiger charge is -2.09. The highest BCUT2D eigenvalue weighted by atomic mass is 16.5. The van der Waals surface area contributed by atoms with Crippen LogP contribution in [0.5, 0.6) is 5.75 Å². The molecule has 0 aliphatic rings. The number of anilines is 2. The van der Waals surface area contributed by atoms with Crippen molar-refractivity contribution in [2.24, 2.45) is 0 Å². The number of pyridine rings is 1. The molecule has 0 atom stereocenters. The van der Waals surface area contributed by atoms with Gasteiger partial charge in [-0.3, -0.25) is 9.78 Å². The molecule has 2 heterocycles. The van der Waals surface area contributed by atoms with E-state index in [2.05, 4.69) is 15.6 Å². The molecule has 0 spiro atoms. The molecule has 0 aliphatic carbocycles. The summed E-state index contributed by atoms with van der Waals surface area (Å²) in [6, 6.07) is 12.7. The molecule has 2 aromatic carbocycles. The molecule has 28 heavy (non-hydrogen) atoms. The van der Waals surface area contributed by atoms with Crippen molar-refractivity contribution in [3.05, 3.63) is 60.6 Å². The minimum atomic E-state index is -0.339. The van der Waals surface area contributed by atoms with Gasteiger partial charge in [-0.1, -0.05) is 12.1 Å². The number of fused-ring (bicyclic) bond motifs is 2. The number of benzene rings is 2. The number of nitrogens with one attached hydrogen (secondary N) is 2. The molecular formula is C21H19N3O4. The van der Waals surface area contributed by atoms with E-state index in [1.165, 1.54) is 0 Å². The van der Waals surface area contributed by atoms with Gasteiger partial charge >= 0.3 is 0 Å². The van der Waals surface area contributed by atoms with Gasteiger partial charge in [-0.2, -0.15) is 0 Å². The van der Waals surface area contributed by atoms with Gasteiger partial charge in [-0.05, 0) is 35.7 Å². The van der Waals surface area contributed by atoms with Gasteiger partial charge in [-0.25, -0.2) is 0 Å². The molecule has 2 aromatic heterocycles. The van der Waals surface area contributed by atoms with Crippen molar-refractivity contribution >= 4 is 39.0 Å². The number of nitrogens with zero attached hydrogens (tertiary/aromatic N) is 1. The Bertz CT molecular complexity index is 1150. The van der Waals surface area contributed by atoms with E-state index in [0.717, 1.165) is 21.8 Å². The number of carbonyl (C=O) groups excluding carboxylic acids is 1. The molecule has 1 amide bonds. The highest BCUT2D eigenvalue weighted by Crippen LogP contribution is 2.34. The summed E-state index contributed by atoms with van der Waals surface area (Å²) in [7, 11) is 1.57. The molecule has 7 heteroatoms. The second kappa shape index (κ2) is 7.58. The maximum atomic E-state index is 12.6. The fourth-order valence-corrected chi connectivity index (χ4v) is 3.07. The Morgan fingerprint density at radius 3 is 2.96 bits per heavy atom. The number of ether oxygens (including phenoxy) is 1. The van der Waals surface area contributed by atoms with Gasteiger partial charge in [0.1, 0.15) is 5.75 Å². The SMILES string of the molecule is COCCNC(=O)c1oc2cnccc2c1Nc1ccc2c(O)cccc2c1. The second-order valence-electron chi connectivity index (χ2n) is 6.26. The zero-order valence-corrected chi connectivity index (χ0v) is 15.2. The van der Waals surface area contributed by atoms with Gasteiger partial charge in [0.25, 0.3) is 5.91 Å². The number of amides is 1. The van der Waals surface area contributed by atoms with Crippen LogP contribution in [0.3, 0.4) is 0 Å². The largest absolute Gasteiger partial charge is 0.507 e. The number of furan rings is 1. The predicted octanol–water partition coefficient (Wildman–Crippen LogP) is 3.81. The fraction of sp³-hybridized carbons (Fsp3) is 0.143. The third kappa shape index (κ3) is 3.35. The molecule has 0 saturated carbocycles. The van der Waals surface area contributed by atoms with Crippen LogP contribution < -0.4 is 10.6 Å². The molecule has 0 radical (unpaired) electrons. The maximum Gasteiger partial charge on any atom is 0.289 e. The van der Waals surface area contributed by atoms with Crippen LogP contribution in [0, 0.1) is 0 Å². The van der Waals surface area contributed by atoms with E-state index in [1.54, 1.807) is 37.7 Å². The Morgan fingerprint density at radius 1 is 1.21 bits per heavy atom. The Kier molecular flexibility index (Phi) is 4.82. The van der Waals surface area contributed by atoms with E-state index < -0.39 is 0 Å². The summed E-state index contributed by atoms with van der Waals surface area (Å²) in [5.41, 5.74) is 1.84. The molecular weight excluding hydrogens is 358 g/mol. The standard InChI is InChI=1S/C21H19N3O4/c1-27-10-9-23-21(26)20-19(16-7-8-22-12-18(16)28-20)24-14-5-6-15-13(11-14)3-2-4-17(15)25/h2-8,11-12,24-25H,9-10H2,1H3,(H,23,26). The fourth-order valence-electron chi connectivity index (χ4n) is 3.07. The molecule has 4 aromatic rings. The maximum absolute atomic E-state index is 12.6. The van der Waals surface area contributed by atoms with Crippen LogP contribution in [-0.4, -0.2) is 36.3 Å². The van der Waals surface area contributed by atoms with Crippen LogP contribution in [0.4, 0.5) is 11.4 Å². The Hall–Kier alpha value is -3.58. The van der Waals surface area contributed by atoms with Gasteiger partial charge in [0.05, 0.1) is 18.5 Å². The number of aromatic hydroxyl groups is 1. The Labute approximate surface area is 160 Å². The molecule has 0 bridgehead atoms. The van der Waals surface area contributed by atoms with Crippen LogP contribution in [0.15, 0.2) is 59.3 Å². The average molecular weight is 377 g/mol. The van der Waals surface area contributed by atoms with Gasteiger partial charge in [0.2, 0.25) is 5.76 Å². The smallest absolute Gasteiger partial charge is 0.289 e. The average Bonchev–Trinajstić information content (AvgIpc) is 3.07. The number of rotatable bonds is 6. The first-order chi connectivity index (χ1) is 13.7. The van der Waals surface area contributed by atoms with Crippen LogP contribution in [0.1, 0.15) is 10.6 Å². The third-order valence-electron chi connectivity index (χ3n) is 4.42. The van der Waals surface area contributed by atoms with Crippen molar-refractivity contribution in [3.8, 4) is 5.75 Å². The van der Waals surface area contributed by atoms with E-state index in [1.807, 2.05) is 24.3 Å². The Morgan fingerprint density at radius 2 is 2.11 bits per heavy atom. The number of hydrogen-bond acceptors (Lipinski definition) is 6. The first-order valence-electron chi connectivity index (χ1n) is 8.80. The molecule has 0 aliphatic heterocycles. The van der Waals surface area contributed by atoms with E-state index >= 15 is 0 Å². The van der Waals surface area contributed by atoms with Crippen LogP contribution in [-0.2, 0) is 4.74 Å². The number of hydrogen-bond donors (Lipinski definition) is 3. The van der Waals surface area contributed by atoms with E-state index in [-0.39, 0.29) is 17.4 Å². The van der Waals surface area contributed by atoms with Gasteiger partial charge in [0.15, 0.2) is 5.58 Å². The number of methoxy groups -OCH3 is 1. The van der Waals surface area contributed by atoms with E-state index in [9.17, 15) is 9.90 Å². The first kappa shape index (κ1) is 17.8. The van der Waals surface area contributed by atoms with Crippen LogP contribution in [0.25, 0.3) is 21.7 Å². The van der Waals surface area contributed by atoms with Crippen molar-refractivity contribution in [2.45, 2.75) is 0 Å². The lowest BCUT2D eigenvalue weighted by molar-refractivity contribution is 0.0913. The van der Waals surface area contributed by atoms with E-state index in [4.69, 9.17) is 9.15 Å². The summed E-state index contributed by atoms with van der Waals surface area (Å²) in [5.74, 6) is 0.0615. The lowest BCUT2D eigenvalue weighted by atomic mass is 10.1. The predicted molar refractivity (Wildman–Crippen MR) is 107 cm³/mol. The van der Waals surface area contributed by atoms with Gasteiger partial charge < -0.3 is 24.9 Å². The molecule has 0 unspecified atom stereocenters. The number of aromatic nitrogens is 1. The quantitative estimate of drug-likeness (QED) is 0.442. The Balaban J connectivity index is 1.73. The molecule has 4 rings (SSSR count). The lowest BCUT2D eigenvalue weighted by Crippen LogP contribution is -2.27. The molecule has 0 fully saturated rings. The summed E-state index contributed by atoms with van der Waals surface area (Å²) >= 11 is 0. The van der Waals surface area contributed by atoms with Crippen molar-refractivity contribution < 1.29 is 19.1 Å². The van der Waals surface area contributed by atoms with Crippen molar-refractivity contribution in [2.75, 3.05) is 25.6 Å². The monoisotopic (exact) mass is 377 g/mol. The normalized spacial score (nSPS) is 11.0. The summed E-state index contributed by atoms with van der Waals surface area (Å²) in [4.78, 5) is 16.7. The minimum absolute atomic E-state index is 0.176. The zero-order chi connectivity index (χ0) is 19.5. The zero-order valence-electron chi connectivity index (χ0n) is 15.2. The number of carbonyl (C=O) groups is 1. The minimum Gasteiger partial charge on any atom is -0.507 e. The number of phenolic OH excluding ortho intramolecular Hbond substituents is 1. The highest BCUT2D eigenvalue weighted by Gasteiger charge is 2.21. The first-order valence-corrected chi connectivity index (χ1v) is 8.80. The number of phenols is 1. The van der Waals surface area contributed by atoms with Crippen molar-refractivity contribution in [1.82, 2.24) is 10.3 Å². The summed E-state index contributed by atoms with van der Waals surface area (Å²) in [5, 5.41) is 18.4. The molecule has 0 saturated heterocycles. The summed E-state index contributed by atoms with van der Waals surface area (Å²) in [6.07, 6.45) is 3.22. The summed E-state index contributed by atoms with van der Waals surface area (Å²) in [6.45, 7) is 0.782. The topological polar surface area (TPSA) is 96.6 Å². The molecule has 7 nitrogen and oxygen atoms in total. The van der Waals surface area contributed by atoms with Gasteiger partial charge in [-0.15, -0.1) is 0 Å². The van der Waals surface area contributed by atoms with Crippen LogP contribution in [0.2, 0.25) is 0 Å².